The molecule has 5 N–H and O–H groups in total. The first-order chi connectivity index (χ1) is 12.1. The number of amides is 4. The number of hydrogen-bond acceptors (Lipinski definition) is 5. The highest BCUT2D eigenvalue weighted by molar-refractivity contribution is 5.95. The van der Waals surface area contributed by atoms with Crippen molar-refractivity contribution in [2.45, 2.75) is 71.1 Å². The number of nitrogens with one attached hydrogen (secondary N) is 4. The number of hydrogen-bond donors (Lipinski definition) is 5. The van der Waals surface area contributed by atoms with Crippen LogP contribution in [0.4, 0.5) is 0 Å². The van der Waals surface area contributed by atoms with E-state index in [1.165, 1.54) is 0 Å². The third-order valence-corrected chi connectivity index (χ3v) is 3.90. The van der Waals surface area contributed by atoms with Gasteiger partial charge >= 0.3 is 0 Å². The fourth-order valence-corrected chi connectivity index (χ4v) is 2.64. The molecule has 148 valence electrons. The van der Waals surface area contributed by atoms with Gasteiger partial charge in [0.2, 0.25) is 23.6 Å². The van der Waals surface area contributed by atoms with E-state index in [1.54, 1.807) is 0 Å². The molecule has 0 spiro atoms. The summed E-state index contributed by atoms with van der Waals surface area (Å²) in [6.07, 6.45) is 1.02. The lowest BCUT2D eigenvalue weighted by Crippen LogP contribution is -2.57. The molecule has 0 aromatic carbocycles. The van der Waals surface area contributed by atoms with E-state index < -0.39 is 36.5 Å². The third kappa shape index (κ3) is 6.99. The maximum Gasteiger partial charge on any atom is 0.245 e. The number of carbonyl (C=O) groups is 4. The number of rotatable bonds is 9. The van der Waals surface area contributed by atoms with Crippen LogP contribution >= 0.6 is 0 Å². The molecular weight excluding hydrogens is 340 g/mol. The van der Waals surface area contributed by atoms with Crippen LogP contribution in [-0.2, 0) is 19.2 Å². The van der Waals surface area contributed by atoms with Crippen molar-refractivity contribution in [3.63, 3.8) is 0 Å². The van der Waals surface area contributed by atoms with E-state index in [2.05, 4.69) is 21.3 Å². The van der Waals surface area contributed by atoms with Gasteiger partial charge in [0.25, 0.3) is 0 Å². The van der Waals surface area contributed by atoms with Gasteiger partial charge < -0.3 is 26.4 Å². The topological polar surface area (TPSA) is 137 Å². The van der Waals surface area contributed by atoms with Gasteiger partial charge in [0.05, 0.1) is 6.61 Å². The lowest BCUT2D eigenvalue weighted by atomic mass is 10.0. The van der Waals surface area contributed by atoms with E-state index in [1.807, 2.05) is 27.7 Å². The Morgan fingerprint density at radius 3 is 2.15 bits per heavy atom. The van der Waals surface area contributed by atoms with Gasteiger partial charge in [-0.05, 0) is 32.6 Å². The van der Waals surface area contributed by atoms with Gasteiger partial charge in [0, 0.05) is 12.5 Å². The molecule has 3 atom stereocenters. The zero-order chi connectivity index (χ0) is 19.9. The summed E-state index contributed by atoms with van der Waals surface area (Å²) in [5.41, 5.74) is 0. The molecule has 0 aromatic rings. The summed E-state index contributed by atoms with van der Waals surface area (Å²) in [6.45, 7) is 6.88. The predicted molar refractivity (Wildman–Crippen MR) is 94.8 cm³/mol. The van der Waals surface area contributed by atoms with Crippen molar-refractivity contribution in [3.05, 3.63) is 0 Å². The first-order valence-corrected chi connectivity index (χ1v) is 8.95. The van der Waals surface area contributed by atoms with Gasteiger partial charge in [0.1, 0.15) is 18.1 Å². The van der Waals surface area contributed by atoms with Crippen molar-refractivity contribution in [3.8, 4) is 0 Å². The molecule has 1 saturated heterocycles. The van der Waals surface area contributed by atoms with Crippen molar-refractivity contribution < 1.29 is 24.3 Å². The first-order valence-electron chi connectivity index (χ1n) is 8.95. The first kappa shape index (κ1) is 21.9. The maximum atomic E-state index is 12.4. The van der Waals surface area contributed by atoms with Crippen LogP contribution in [0.1, 0.15) is 47.0 Å². The van der Waals surface area contributed by atoms with Crippen LogP contribution < -0.4 is 21.3 Å². The summed E-state index contributed by atoms with van der Waals surface area (Å²) in [5.74, 6) is -1.55. The van der Waals surface area contributed by atoms with Crippen LogP contribution in [0.3, 0.4) is 0 Å². The van der Waals surface area contributed by atoms with E-state index in [4.69, 9.17) is 0 Å². The molecule has 26 heavy (non-hydrogen) atoms. The second-order valence-electron chi connectivity index (χ2n) is 7.26. The average molecular weight is 370 g/mol. The Kier molecular flexibility index (Phi) is 8.50. The van der Waals surface area contributed by atoms with Crippen LogP contribution in [0, 0.1) is 5.92 Å². The van der Waals surface area contributed by atoms with Gasteiger partial charge in [-0.15, -0.1) is 0 Å². The SMILES string of the molecule is CC(C)C[C@@H](NC(=O)[C@@H](CO)NC(=O)[C@@H]1CCC(=O)N1)C(=O)NC(C)C. The summed E-state index contributed by atoms with van der Waals surface area (Å²) in [6, 6.07) is -2.74. The molecule has 1 aliphatic rings. The normalized spacial score (nSPS) is 19.0. The zero-order valence-electron chi connectivity index (χ0n) is 15.8. The van der Waals surface area contributed by atoms with Crippen LogP contribution in [0.5, 0.6) is 0 Å². The average Bonchev–Trinajstić information content (AvgIpc) is 2.97. The Morgan fingerprint density at radius 2 is 1.69 bits per heavy atom. The minimum atomic E-state index is -1.19. The van der Waals surface area contributed by atoms with Gasteiger partial charge in [0.15, 0.2) is 0 Å². The Balaban J connectivity index is 2.69. The van der Waals surface area contributed by atoms with E-state index in [0.717, 1.165) is 0 Å². The summed E-state index contributed by atoms with van der Waals surface area (Å²) >= 11 is 0. The maximum absolute atomic E-state index is 12.4. The molecule has 1 fully saturated rings. The molecule has 4 amide bonds. The summed E-state index contributed by atoms with van der Waals surface area (Å²) in [5, 5.41) is 19.7. The van der Waals surface area contributed by atoms with E-state index in [9.17, 15) is 24.3 Å². The smallest absolute Gasteiger partial charge is 0.245 e. The number of aliphatic hydroxyl groups excluding tert-OH is 1. The van der Waals surface area contributed by atoms with Crippen molar-refractivity contribution >= 4 is 23.6 Å². The Morgan fingerprint density at radius 1 is 1.08 bits per heavy atom. The second kappa shape index (κ2) is 10.1. The van der Waals surface area contributed by atoms with Crippen molar-refractivity contribution in [2.24, 2.45) is 5.92 Å². The van der Waals surface area contributed by atoms with Crippen molar-refractivity contribution in [2.75, 3.05) is 6.61 Å². The molecule has 1 rings (SSSR count). The number of carbonyl (C=O) groups excluding carboxylic acids is 4. The van der Waals surface area contributed by atoms with Gasteiger partial charge in [-0.25, -0.2) is 0 Å². The highest BCUT2D eigenvalue weighted by Gasteiger charge is 2.31. The molecule has 1 heterocycles. The highest BCUT2D eigenvalue weighted by Crippen LogP contribution is 2.08. The van der Waals surface area contributed by atoms with E-state index in [-0.39, 0.29) is 30.2 Å². The summed E-state index contributed by atoms with van der Waals surface area (Å²) < 4.78 is 0. The van der Waals surface area contributed by atoms with Crippen LogP contribution in [-0.4, -0.2) is 59.5 Å². The largest absolute Gasteiger partial charge is 0.394 e. The minimum Gasteiger partial charge on any atom is -0.394 e. The standard InChI is InChI=1S/C17H30N4O5/c1-9(2)7-12(16(25)18-10(3)4)20-17(26)13(8-22)21-15(24)11-5-6-14(23)19-11/h9-13,22H,5-8H2,1-4H3,(H,18,25)(H,19,23)(H,20,26)(H,21,24)/t11-,12+,13+/m0/s1. The van der Waals surface area contributed by atoms with Crippen LogP contribution in [0.15, 0.2) is 0 Å². The quantitative estimate of drug-likeness (QED) is 0.347. The van der Waals surface area contributed by atoms with Gasteiger partial charge in [-0.3, -0.25) is 19.2 Å². The molecule has 0 bridgehead atoms. The minimum absolute atomic E-state index is 0.0756. The summed E-state index contributed by atoms with van der Waals surface area (Å²) in [7, 11) is 0. The molecule has 1 aliphatic heterocycles. The molecule has 0 unspecified atom stereocenters. The lowest BCUT2D eigenvalue weighted by Gasteiger charge is -2.24. The molecule has 0 saturated carbocycles. The zero-order valence-corrected chi connectivity index (χ0v) is 15.8. The molecule has 0 aliphatic carbocycles. The molecular formula is C17H30N4O5. The monoisotopic (exact) mass is 370 g/mol. The predicted octanol–water partition coefficient (Wildman–Crippen LogP) is -1.20. The fraction of sp³-hybridized carbons (Fsp3) is 0.765. The Labute approximate surface area is 153 Å². The van der Waals surface area contributed by atoms with Crippen LogP contribution in [0.2, 0.25) is 0 Å². The molecule has 9 nitrogen and oxygen atoms in total. The van der Waals surface area contributed by atoms with Gasteiger partial charge in [-0.1, -0.05) is 13.8 Å². The second-order valence-corrected chi connectivity index (χ2v) is 7.26. The van der Waals surface area contributed by atoms with Crippen LogP contribution in [0.25, 0.3) is 0 Å². The Hall–Kier alpha value is -2.16. The molecule has 0 radical (unpaired) electrons. The molecule has 0 aromatic heterocycles. The van der Waals surface area contributed by atoms with Crippen molar-refractivity contribution in [1.29, 1.82) is 0 Å². The highest BCUT2D eigenvalue weighted by atomic mass is 16.3. The number of aliphatic hydroxyl groups is 1. The van der Waals surface area contributed by atoms with E-state index >= 15 is 0 Å². The van der Waals surface area contributed by atoms with Gasteiger partial charge in [-0.2, -0.15) is 0 Å². The van der Waals surface area contributed by atoms with Crippen molar-refractivity contribution in [1.82, 2.24) is 21.3 Å². The van der Waals surface area contributed by atoms with E-state index in [0.29, 0.717) is 12.8 Å². The summed E-state index contributed by atoms with van der Waals surface area (Å²) in [4.78, 5) is 48.0. The Bertz CT molecular complexity index is 535. The fourth-order valence-electron chi connectivity index (χ4n) is 2.64. The molecule has 9 heteroatoms. The third-order valence-electron chi connectivity index (χ3n) is 3.90. The lowest BCUT2D eigenvalue weighted by molar-refractivity contribution is -0.134.